The number of allylic oxidation sites excluding steroid dienone is 1. The molecule has 0 bridgehead atoms. The number of esters is 3. The molecule has 18 atom stereocenters. The fraction of sp³-hybridized carbons (Fsp3) is 0.565. The summed E-state index contributed by atoms with van der Waals surface area (Å²) >= 11 is 0. The van der Waals surface area contributed by atoms with Gasteiger partial charge in [-0.25, -0.2) is 0 Å². The Labute approximate surface area is 438 Å². The number of aliphatic hydroxyl groups excluding tert-OH is 1. The number of aryl methyl sites for hydroxylation is 2. The van der Waals surface area contributed by atoms with Crippen molar-refractivity contribution >= 4 is 117 Å². The molecule has 26 heteroatoms. The van der Waals surface area contributed by atoms with Crippen molar-refractivity contribution in [1.82, 2.24) is 0 Å². The van der Waals surface area contributed by atoms with Crippen LogP contribution >= 0.6 is 62.3 Å². The maximum atomic E-state index is 12.2. The molecule has 72 heavy (non-hydrogen) atoms. The fourth-order valence-corrected chi connectivity index (χ4v) is 12.4. The van der Waals surface area contributed by atoms with E-state index in [9.17, 15) is 38.4 Å². The van der Waals surface area contributed by atoms with Crippen LogP contribution in [-0.2, 0) is 83.4 Å². The molecule has 3 aliphatic heterocycles. The van der Waals surface area contributed by atoms with Gasteiger partial charge in [0.05, 0.1) is 31.5 Å². The smallest absolute Gasteiger partial charge is 0.337 e. The molecule has 2 aromatic carbocycles. The zero-order chi connectivity index (χ0) is 52.5. The highest BCUT2D eigenvalue weighted by Gasteiger charge is 2.52. The van der Waals surface area contributed by atoms with Crippen LogP contribution in [0.25, 0.3) is 0 Å². The molecule has 6 unspecified atom stereocenters. The monoisotopic (exact) mass is 1130 g/mol. The predicted octanol–water partition coefficient (Wildman–Crippen LogP) is 5.80. The van der Waals surface area contributed by atoms with Crippen molar-refractivity contribution in [1.29, 1.82) is 0 Å². The summed E-state index contributed by atoms with van der Waals surface area (Å²) in [6.45, 7) is 0.0600. The van der Waals surface area contributed by atoms with E-state index in [-0.39, 0.29) is 133 Å². The molecule has 6 fully saturated rings. The number of ether oxygens (including phenoxy) is 3. The molecule has 392 valence electrons. The number of benzene rings is 2. The van der Waals surface area contributed by atoms with Crippen molar-refractivity contribution in [2.75, 3.05) is 27.0 Å². The molecule has 3 heterocycles. The second-order valence-electron chi connectivity index (χ2n) is 18.4. The van der Waals surface area contributed by atoms with Gasteiger partial charge in [-0.15, -0.1) is 54.7 Å². The van der Waals surface area contributed by atoms with Crippen LogP contribution in [0, 0.1) is 35.5 Å². The molecule has 3 saturated carbocycles. The van der Waals surface area contributed by atoms with Gasteiger partial charge in [0.2, 0.25) is 0 Å². The number of hydrogen-bond donors (Lipinski definition) is 1. The summed E-state index contributed by atoms with van der Waals surface area (Å²) in [5.41, 5.74) is 2.25. The molecule has 0 aromatic heterocycles. The Morgan fingerprint density at radius 2 is 1.07 bits per heavy atom. The van der Waals surface area contributed by atoms with Crippen molar-refractivity contribution in [3.05, 3.63) is 83.9 Å². The lowest BCUT2D eigenvalue weighted by molar-refractivity contribution is -0.142. The largest absolute Gasteiger partial charge is 0.462 e. The van der Waals surface area contributed by atoms with E-state index in [1.54, 1.807) is 6.08 Å². The van der Waals surface area contributed by atoms with E-state index in [2.05, 4.69) is 54.7 Å². The molecule has 1 N–H and O–H groups in total. The van der Waals surface area contributed by atoms with Crippen molar-refractivity contribution in [2.45, 2.75) is 101 Å². The minimum absolute atomic E-state index is 0.00176. The van der Waals surface area contributed by atoms with Crippen LogP contribution in [-0.4, -0.2) is 124 Å². The summed E-state index contributed by atoms with van der Waals surface area (Å²) in [7, 11) is 14.6. The summed E-state index contributed by atoms with van der Waals surface area (Å²) in [4.78, 5) is 68.6. The zero-order valence-electron chi connectivity index (χ0n) is 40.6. The van der Waals surface area contributed by atoms with E-state index in [0.717, 1.165) is 23.8 Å². The van der Waals surface area contributed by atoms with Crippen LogP contribution in [0.5, 0.6) is 0 Å². The third-order valence-electron chi connectivity index (χ3n) is 13.6. The van der Waals surface area contributed by atoms with Gasteiger partial charge in [-0.3, -0.25) is 28.5 Å². The van der Waals surface area contributed by atoms with Crippen molar-refractivity contribution < 1.29 is 75.7 Å². The first kappa shape index (κ1) is 61.2. The molecule has 0 radical (unpaired) electrons. The topological polar surface area (TPSA) is 214 Å². The number of carbonyl (C=O) groups is 6. The zero-order valence-corrected chi connectivity index (χ0v) is 48.5. The van der Waals surface area contributed by atoms with E-state index in [4.69, 9.17) is 37.2 Å². The average molecular weight is 1130 g/mol. The van der Waals surface area contributed by atoms with E-state index in [1.165, 1.54) is 14.2 Å². The Bertz CT molecular complexity index is 2180. The molecular formula is C46H68B3O16P7. The Hall–Kier alpha value is -1.64. The number of aldehydes is 1. The van der Waals surface area contributed by atoms with Crippen molar-refractivity contribution in [2.24, 2.45) is 35.5 Å². The van der Waals surface area contributed by atoms with Gasteiger partial charge < -0.3 is 47.1 Å². The SMILES string of the molecule is COP(=O)(CC(=O)CCc1ccccc1)OC.O=C(/C=C/[C@@H]1[C@H]2CC(=O)O[C@H]2C[C@H]1OB(P)P)CCc1ccccc1.O=C1C[C@@H]2[C@@H](CO)[C@H](OB(P)P)C[C@@H]2O1.O=C[C@@H]1[C@H]2CC(=O)O[C@H]2C[C@H]1OB(P)P. The van der Waals surface area contributed by atoms with Crippen molar-refractivity contribution in [3.8, 4) is 0 Å². The van der Waals surface area contributed by atoms with Crippen LogP contribution in [0.3, 0.4) is 0 Å². The van der Waals surface area contributed by atoms with Crippen LogP contribution in [0.4, 0.5) is 0 Å². The first-order valence-corrected chi connectivity index (χ1v) is 29.7. The van der Waals surface area contributed by atoms with Crippen LogP contribution in [0.1, 0.15) is 62.5 Å². The van der Waals surface area contributed by atoms with Gasteiger partial charge in [0.15, 0.2) is 5.78 Å². The molecule has 0 amide bonds. The third-order valence-corrected chi connectivity index (χ3v) is 16.4. The quantitative estimate of drug-likeness (QED) is 0.0415. The summed E-state index contributed by atoms with van der Waals surface area (Å²) in [5.74, 6) is -0.338. The minimum atomic E-state index is -3.21. The Kier molecular flexibility index (Phi) is 25.8. The van der Waals surface area contributed by atoms with Gasteiger partial charge in [-0.05, 0) is 30.0 Å². The van der Waals surface area contributed by atoms with Crippen LogP contribution in [0.2, 0.25) is 0 Å². The number of aliphatic hydroxyl groups is 1. The standard InChI is InChI=1S/C18H23BO4P2.C12H17O4P.C8H15BO4P2.C8H13BO4P2/c20-13(7-6-12-4-2-1-3-5-12)8-9-14-15-10-18(21)22-16(15)11-17(14)23-19(24)25;1-15-17(14,16-2)10-12(13)9-8-11-6-4-3-5-7-11;2*10-3-5-4-1-8(11)12-6(4)2-7(5)13-9(14)15/h1-5,8-9,14-17H,6-7,10-11,24-25H2;3-7H,8-10H2,1-2H3;4-7,10H,1-3,14-15H2;3-7H,1-2,14-15H2/b9-8+;;;/t14-,15-,16+,17-;;2*4-,5-,6+,7-/m1.11/s1. The summed E-state index contributed by atoms with van der Waals surface area (Å²) < 4.78 is 54.0. The maximum absolute atomic E-state index is 12.2. The molecule has 6 aliphatic rings. The second-order valence-corrected chi connectivity index (χ2v) is 26.9. The summed E-state index contributed by atoms with van der Waals surface area (Å²) in [5, 5.41) is 9.32. The van der Waals surface area contributed by atoms with Crippen molar-refractivity contribution in [3.63, 3.8) is 0 Å². The van der Waals surface area contributed by atoms with Gasteiger partial charge in [0.1, 0.15) is 36.5 Å². The molecule has 2 aromatic rings. The van der Waals surface area contributed by atoms with E-state index in [1.807, 2.05) is 66.7 Å². The summed E-state index contributed by atoms with van der Waals surface area (Å²) in [6, 6.07) is 19.7. The number of carbonyl (C=O) groups excluding carboxylic acids is 6. The highest BCUT2D eigenvalue weighted by Crippen LogP contribution is 2.47. The normalized spacial score (nSPS) is 28.7. The lowest BCUT2D eigenvalue weighted by Crippen LogP contribution is -2.28. The van der Waals surface area contributed by atoms with E-state index >= 15 is 0 Å². The second kappa shape index (κ2) is 30.3. The van der Waals surface area contributed by atoms with Gasteiger partial charge in [-0.1, -0.05) is 66.7 Å². The first-order valence-electron chi connectivity index (χ1n) is 24.0. The summed E-state index contributed by atoms with van der Waals surface area (Å²) in [6.07, 6.45) is 9.26. The molecule has 3 saturated heterocycles. The van der Waals surface area contributed by atoms with E-state index < -0.39 is 7.60 Å². The van der Waals surface area contributed by atoms with Gasteiger partial charge >= 0.3 is 44.6 Å². The molecule has 16 nitrogen and oxygen atoms in total. The predicted molar refractivity (Wildman–Crippen MR) is 297 cm³/mol. The molecule has 3 aliphatic carbocycles. The lowest BCUT2D eigenvalue weighted by Gasteiger charge is -2.22. The Morgan fingerprint density at radius 3 is 1.53 bits per heavy atom. The number of hydrogen-bond acceptors (Lipinski definition) is 16. The maximum Gasteiger partial charge on any atom is 0.337 e. The Balaban J connectivity index is 0.000000183. The Morgan fingerprint density at radius 1 is 0.653 bits per heavy atom. The van der Waals surface area contributed by atoms with E-state index in [0.29, 0.717) is 57.8 Å². The van der Waals surface area contributed by atoms with Crippen LogP contribution in [0.15, 0.2) is 72.8 Å². The first-order chi connectivity index (χ1) is 34.3. The highest BCUT2D eigenvalue weighted by molar-refractivity contribution is 7.92. The molecule has 8 rings (SSSR count). The van der Waals surface area contributed by atoms with Gasteiger partial charge in [0.25, 0.3) is 0 Å². The fourth-order valence-electron chi connectivity index (χ4n) is 10.2. The number of rotatable bonds is 20. The number of ketones is 2. The van der Waals surface area contributed by atoms with Gasteiger partial charge in [0, 0.05) is 94.5 Å². The third kappa shape index (κ3) is 18.8. The average Bonchev–Trinajstić information content (AvgIpc) is 4.18. The number of fused-ring (bicyclic) bond motifs is 3. The molecule has 0 spiro atoms. The minimum Gasteiger partial charge on any atom is -0.462 e. The van der Waals surface area contributed by atoms with Crippen LogP contribution < -0.4 is 0 Å². The number of Topliss-reactive ketones (excluding diaryl/α,β-unsaturated/α-hetero) is 1. The molecular weight excluding hydrogens is 1060 g/mol. The lowest BCUT2D eigenvalue weighted by atomic mass is 9.91. The van der Waals surface area contributed by atoms with Gasteiger partial charge in [-0.2, -0.15) is 0 Å². The highest BCUT2D eigenvalue weighted by atomic mass is 31.2.